The van der Waals surface area contributed by atoms with Crippen molar-refractivity contribution in [3.63, 3.8) is 0 Å². The van der Waals surface area contributed by atoms with Gasteiger partial charge in [0.15, 0.2) is 0 Å². The van der Waals surface area contributed by atoms with Gasteiger partial charge in [-0.05, 0) is 60.8 Å². The Balaban J connectivity index is 1.48. The average molecular weight is 362 g/mol. The topological polar surface area (TPSA) is 18.5 Å². The van der Waals surface area contributed by atoms with E-state index in [1.165, 1.54) is 31.6 Å². The maximum absolute atomic E-state index is 6.28. The first-order valence-electron chi connectivity index (χ1n) is 9.31. The van der Waals surface area contributed by atoms with E-state index in [1.54, 1.807) is 0 Å². The second-order valence-corrected chi connectivity index (χ2v) is 9.55. The molecule has 3 aliphatic rings. The molecule has 0 N–H and O–H groups in total. The Kier molecular flexibility index (Phi) is 3.53. The summed E-state index contributed by atoms with van der Waals surface area (Å²) in [6.45, 7) is 8.46. The molecule has 1 fully saturated rings. The van der Waals surface area contributed by atoms with Crippen LogP contribution in [0.5, 0.6) is 0 Å². The summed E-state index contributed by atoms with van der Waals surface area (Å²) in [5, 5.41) is 2.68. The molecule has 0 bridgehead atoms. The summed E-state index contributed by atoms with van der Waals surface area (Å²) in [6.07, 6.45) is 5.46. The van der Waals surface area contributed by atoms with E-state index in [-0.39, 0.29) is 18.3 Å². The molecule has 4 heteroatoms. The predicted octanol–water partition coefficient (Wildman–Crippen LogP) is 5.87. The van der Waals surface area contributed by atoms with Gasteiger partial charge in [0.05, 0.1) is 11.2 Å². The quantitative estimate of drug-likeness (QED) is 0.591. The normalized spacial score (nSPS) is 25.7. The van der Waals surface area contributed by atoms with Gasteiger partial charge in [-0.3, -0.25) is 0 Å². The zero-order valence-electron chi connectivity index (χ0n) is 15.7. The van der Waals surface area contributed by atoms with E-state index in [0.717, 1.165) is 6.42 Å². The van der Waals surface area contributed by atoms with Crippen molar-refractivity contribution in [2.24, 2.45) is 0 Å². The summed E-state index contributed by atoms with van der Waals surface area (Å²) in [6, 6.07) is 13.2. The Morgan fingerprint density at radius 1 is 0.962 bits per heavy atom. The third-order valence-corrected chi connectivity index (χ3v) is 7.62. The largest absolute Gasteiger partial charge is 0.490 e. The lowest BCUT2D eigenvalue weighted by Gasteiger charge is -2.32. The van der Waals surface area contributed by atoms with Crippen LogP contribution in [0.1, 0.15) is 45.6 Å². The van der Waals surface area contributed by atoms with Gasteiger partial charge in [0.1, 0.15) is 0 Å². The SMILES string of the molecule is CC1(C)OB(C2=CC=C3Sc4c(ccc5ccccc45)C3C2)OC1(C)C. The number of hydrogen-bond acceptors (Lipinski definition) is 3. The summed E-state index contributed by atoms with van der Waals surface area (Å²) < 4.78 is 12.6. The van der Waals surface area contributed by atoms with E-state index < -0.39 is 0 Å². The molecule has 2 heterocycles. The lowest BCUT2D eigenvalue weighted by atomic mass is 9.70. The van der Waals surface area contributed by atoms with E-state index in [0.29, 0.717) is 5.92 Å². The molecule has 2 nitrogen and oxygen atoms in total. The molecule has 2 aliphatic heterocycles. The Labute approximate surface area is 159 Å². The molecule has 1 saturated heterocycles. The van der Waals surface area contributed by atoms with Crippen molar-refractivity contribution in [1.82, 2.24) is 0 Å². The smallest absolute Gasteiger partial charge is 0.400 e. The minimum absolute atomic E-state index is 0.243. The molecule has 132 valence electrons. The molecule has 2 aromatic rings. The van der Waals surface area contributed by atoms with E-state index in [2.05, 4.69) is 76.2 Å². The Morgan fingerprint density at radius 3 is 2.46 bits per heavy atom. The fraction of sp³-hybridized carbons (Fsp3) is 0.364. The van der Waals surface area contributed by atoms with Crippen LogP contribution in [-0.2, 0) is 9.31 Å². The third-order valence-electron chi connectivity index (χ3n) is 6.31. The molecule has 0 radical (unpaired) electrons. The van der Waals surface area contributed by atoms with Gasteiger partial charge in [-0.25, -0.2) is 0 Å². The maximum atomic E-state index is 6.28. The molecule has 0 saturated carbocycles. The van der Waals surface area contributed by atoms with Crippen molar-refractivity contribution >= 4 is 29.7 Å². The predicted molar refractivity (Wildman–Crippen MR) is 109 cm³/mol. The van der Waals surface area contributed by atoms with Gasteiger partial charge < -0.3 is 9.31 Å². The Morgan fingerprint density at radius 2 is 1.69 bits per heavy atom. The summed E-state index contributed by atoms with van der Waals surface area (Å²) in [5.74, 6) is 0.429. The van der Waals surface area contributed by atoms with Crippen molar-refractivity contribution < 1.29 is 9.31 Å². The average Bonchev–Trinajstić information content (AvgIpc) is 3.08. The van der Waals surface area contributed by atoms with E-state index >= 15 is 0 Å². The Hall–Kier alpha value is -1.49. The number of benzene rings is 2. The van der Waals surface area contributed by atoms with Crippen molar-refractivity contribution in [2.45, 2.75) is 56.1 Å². The molecule has 0 spiro atoms. The van der Waals surface area contributed by atoms with Crippen LogP contribution in [0.2, 0.25) is 0 Å². The molecule has 26 heavy (non-hydrogen) atoms. The van der Waals surface area contributed by atoms with Crippen LogP contribution >= 0.6 is 11.8 Å². The number of thioether (sulfide) groups is 1. The first-order chi connectivity index (χ1) is 12.4. The van der Waals surface area contributed by atoms with Crippen molar-refractivity contribution in [2.75, 3.05) is 0 Å². The van der Waals surface area contributed by atoms with Gasteiger partial charge in [0.25, 0.3) is 0 Å². The second kappa shape index (κ2) is 5.51. The summed E-state index contributed by atoms with van der Waals surface area (Å²) in [7, 11) is -0.243. The van der Waals surface area contributed by atoms with Crippen LogP contribution in [0.15, 0.2) is 63.8 Å². The molecule has 2 aromatic carbocycles. The van der Waals surface area contributed by atoms with Crippen LogP contribution in [-0.4, -0.2) is 18.3 Å². The third kappa shape index (κ3) is 2.36. The van der Waals surface area contributed by atoms with Gasteiger partial charge in [-0.1, -0.05) is 60.3 Å². The van der Waals surface area contributed by atoms with E-state index in [9.17, 15) is 0 Å². The fourth-order valence-corrected chi connectivity index (χ4v) is 5.36. The standard InChI is InChI=1S/C22H23BO2S/c1-21(2)22(3,4)25-23(24-21)15-10-12-19-18(13-15)17-11-9-14-7-5-6-8-16(14)20(17)26-19/h5-12,18H,13H2,1-4H3. The molecule has 1 atom stereocenters. The van der Waals surface area contributed by atoms with Gasteiger partial charge in [-0.15, -0.1) is 0 Å². The molecule has 1 unspecified atom stereocenters. The zero-order valence-corrected chi connectivity index (χ0v) is 16.5. The number of allylic oxidation sites excluding steroid dienone is 4. The fourth-order valence-electron chi connectivity index (χ4n) is 4.01. The number of rotatable bonds is 1. The molecule has 1 aliphatic carbocycles. The summed E-state index contributed by atoms with van der Waals surface area (Å²) in [4.78, 5) is 2.86. The highest BCUT2D eigenvalue weighted by atomic mass is 32.2. The van der Waals surface area contributed by atoms with Crippen LogP contribution in [0.4, 0.5) is 0 Å². The van der Waals surface area contributed by atoms with E-state index in [4.69, 9.17) is 9.31 Å². The zero-order chi connectivity index (χ0) is 18.1. The minimum atomic E-state index is -0.291. The highest BCUT2D eigenvalue weighted by Crippen LogP contribution is 2.55. The van der Waals surface area contributed by atoms with Gasteiger partial charge in [0.2, 0.25) is 0 Å². The molecule has 5 rings (SSSR count). The van der Waals surface area contributed by atoms with Crippen molar-refractivity contribution in [1.29, 1.82) is 0 Å². The first-order valence-corrected chi connectivity index (χ1v) is 10.1. The lowest BCUT2D eigenvalue weighted by molar-refractivity contribution is 0.00578. The minimum Gasteiger partial charge on any atom is -0.400 e. The van der Waals surface area contributed by atoms with Crippen LogP contribution in [0.3, 0.4) is 0 Å². The molecule has 0 amide bonds. The summed E-state index contributed by atoms with van der Waals surface area (Å²) in [5.41, 5.74) is 2.11. The number of fused-ring (bicyclic) bond motifs is 5. The first kappa shape index (κ1) is 16.7. The van der Waals surface area contributed by atoms with Gasteiger partial charge in [0, 0.05) is 10.8 Å². The highest BCUT2D eigenvalue weighted by molar-refractivity contribution is 8.03. The molecule has 0 aromatic heterocycles. The van der Waals surface area contributed by atoms with Crippen LogP contribution in [0, 0.1) is 0 Å². The second-order valence-electron chi connectivity index (χ2n) is 8.46. The molecular formula is C22H23BO2S. The summed E-state index contributed by atoms with van der Waals surface area (Å²) >= 11 is 1.93. The number of hydrogen-bond donors (Lipinski definition) is 0. The Bertz CT molecular complexity index is 957. The molecular weight excluding hydrogens is 339 g/mol. The van der Waals surface area contributed by atoms with Crippen LogP contribution in [0.25, 0.3) is 10.8 Å². The van der Waals surface area contributed by atoms with Crippen molar-refractivity contribution in [3.05, 3.63) is 64.5 Å². The monoisotopic (exact) mass is 362 g/mol. The highest BCUT2D eigenvalue weighted by Gasteiger charge is 2.53. The van der Waals surface area contributed by atoms with Crippen molar-refractivity contribution in [3.8, 4) is 0 Å². The van der Waals surface area contributed by atoms with E-state index in [1.807, 2.05) is 11.8 Å². The van der Waals surface area contributed by atoms with Gasteiger partial charge in [-0.2, -0.15) is 0 Å². The lowest BCUT2D eigenvalue weighted by Crippen LogP contribution is -2.41. The van der Waals surface area contributed by atoms with Crippen LogP contribution < -0.4 is 0 Å². The van der Waals surface area contributed by atoms with Gasteiger partial charge >= 0.3 is 7.12 Å². The maximum Gasteiger partial charge on any atom is 0.490 e.